The van der Waals surface area contributed by atoms with Crippen molar-refractivity contribution in [3.8, 4) is 0 Å². The predicted octanol–water partition coefficient (Wildman–Crippen LogP) is 6.51. The Morgan fingerprint density at radius 2 is 1.77 bits per heavy atom. The summed E-state index contributed by atoms with van der Waals surface area (Å²) in [5.41, 5.74) is -0.600. The van der Waals surface area contributed by atoms with Gasteiger partial charge in [-0.2, -0.15) is 18.3 Å². The lowest BCUT2D eigenvalue weighted by Crippen LogP contribution is -2.34. The summed E-state index contributed by atoms with van der Waals surface area (Å²) in [5, 5.41) is 9.01. The molecule has 2 heterocycles. The van der Waals surface area contributed by atoms with Crippen LogP contribution in [0.1, 0.15) is 70.3 Å². The van der Waals surface area contributed by atoms with Gasteiger partial charge in [0.1, 0.15) is 24.0 Å². The lowest BCUT2D eigenvalue weighted by Gasteiger charge is -2.23. The van der Waals surface area contributed by atoms with Gasteiger partial charge >= 0.3 is 6.18 Å². The van der Waals surface area contributed by atoms with Gasteiger partial charge in [0, 0.05) is 23.5 Å². The number of amides is 2. The zero-order chi connectivity index (χ0) is 31.6. The van der Waals surface area contributed by atoms with Crippen LogP contribution in [0.3, 0.4) is 0 Å². The molecule has 0 saturated carbocycles. The Labute approximate surface area is 248 Å². The number of halogens is 6. The Kier molecular flexibility index (Phi) is 8.75. The summed E-state index contributed by atoms with van der Waals surface area (Å²) in [6, 6.07) is 9.89. The second-order valence-electron chi connectivity index (χ2n) is 10.6. The Balaban J connectivity index is 1.47. The van der Waals surface area contributed by atoms with Gasteiger partial charge in [-0.25, -0.2) is 13.2 Å². The molecule has 5 rings (SSSR count). The van der Waals surface area contributed by atoms with Gasteiger partial charge in [-0.15, -0.1) is 0 Å². The summed E-state index contributed by atoms with van der Waals surface area (Å²) in [4.78, 5) is 30.6. The highest BCUT2D eigenvalue weighted by atomic mass is 19.4. The Morgan fingerprint density at radius 3 is 2.48 bits per heavy atom. The molecule has 0 saturated heterocycles. The third-order valence-corrected chi connectivity index (χ3v) is 7.44. The maximum Gasteiger partial charge on any atom is 0.435 e. The highest BCUT2D eigenvalue weighted by Gasteiger charge is 2.41. The molecule has 2 aromatic heterocycles. The molecule has 0 aliphatic heterocycles. The minimum atomic E-state index is -4.71. The zero-order valence-corrected chi connectivity index (χ0v) is 23.4. The molecular weight excluding hydrogens is 588 g/mol. The lowest BCUT2D eigenvalue weighted by atomic mass is 9.86. The number of pyridine rings is 1. The molecule has 7 nitrogen and oxygen atoms in total. The third kappa shape index (κ3) is 6.76. The van der Waals surface area contributed by atoms with E-state index in [0.29, 0.717) is 31.0 Å². The molecule has 0 bridgehead atoms. The van der Waals surface area contributed by atoms with Crippen LogP contribution in [0.2, 0.25) is 0 Å². The number of aromatic nitrogens is 3. The largest absolute Gasteiger partial charge is 0.435 e. The maximum atomic E-state index is 14.3. The molecule has 0 fully saturated rings. The zero-order valence-electron chi connectivity index (χ0n) is 23.4. The normalized spacial score (nSPS) is 15.4. The Morgan fingerprint density at radius 1 is 1.05 bits per heavy atom. The first-order valence-corrected chi connectivity index (χ1v) is 13.8. The first-order valence-electron chi connectivity index (χ1n) is 13.8. The van der Waals surface area contributed by atoms with Crippen LogP contribution in [0.25, 0.3) is 0 Å². The van der Waals surface area contributed by atoms with Gasteiger partial charge in [-0.05, 0) is 73.6 Å². The molecule has 1 aliphatic rings. The van der Waals surface area contributed by atoms with Crippen LogP contribution < -0.4 is 10.6 Å². The Hall–Kier alpha value is -4.68. The van der Waals surface area contributed by atoms with Gasteiger partial charge in [0.15, 0.2) is 5.69 Å². The SMILES string of the molecule is C[C@H]1CCCc2c1c(C(F)(F)F)nn2CC(=O)N[C@@H](Cc1cc(F)cc(F)c1)c1ncccc1NC(=O)c1ccccc1F. The highest BCUT2D eigenvalue weighted by Crippen LogP contribution is 2.41. The van der Waals surface area contributed by atoms with E-state index in [0.717, 1.165) is 22.9 Å². The standard InChI is InChI=1S/C31H27F6N5O2/c1-17-6-4-10-25-27(17)29(31(35,36)37)41-42(25)16-26(43)39-24(14-18-12-19(32)15-20(33)13-18)28-23(9-5-11-38-28)40-30(44)21-7-2-3-8-22(21)34/h2-3,5,7-9,11-13,15,17,24H,4,6,10,14,16H2,1H3,(H,39,43)(H,40,44)/t17-,24-/m0/s1. The van der Waals surface area contributed by atoms with Gasteiger partial charge in [-0.3, -0.25) is 19.3 Å². The third-order valence-electron chi connectivity index (χ3n) is 7.44. The van der Waals surface area contributed by atoms with Crippen LogP contribution in [0.4, 0.5) is 32.0 Å². The molecule has 13 heteroatoms. The van der Waals surface area contributed by atoms with Gasteiger partial charge in [0.2, 0.25) is 5.91 Å². The van der Waals surface area contributed by atoms with Crippen LogP contribution in [0, 0.1) is 17.5 Å². The van der Waals surface area contributed by atoms with Crippen molar-refractivity contribution in [3.05, 3.63) is 112 Å². The van der Waals surface area contributed by atoms with Crippen LogP contribution in [-0.4, -0.2) is 26.6 Å². The van der Waals surface area contributed by atoms with Gasteiger partial charge in [-0.1, -0.05) is 19.1 Å². The van der Waals surface area contributed by atoms with Crippen molar-refractivity contribution in [2.45, 2.75) is 57.3 Å². The topological polar surface area (TPSA) is 88.9 Å². The van der Waals surface area contributed by atoms with Crippen LogP contribution in [0.15, 0.2) is 60.8 Å². The molecule has 2 aromatic carbocycles. The van der Waals surface area contributed by atoms with Crippen LogP contribution in [-0.2, 0) is 30.4 Å². The highest BCUT2D eigenvalue weighted by molar-refractivity contribution is 6.04. The Bertz CT molecular complexity index is 1680. The molecule has 0 unspecified atom stereocenters. The molecule has 0 radical (unpaired) electrons. The summed E-state index contributed by atoms with van der Waals surface area (Å²) in [6.45, 7) is 1.12. The van der Waals surface area contributed by atoms with E-state index >= 15 is 0 Å². The number of fused-ring (bicyclic) bond motifs is 1. The van der Waals surface area contributed by atoms with E-state index < -0.39 is 59.6 Å². The fourth-order valence-corrected chi connectivity index (χ4v) is 5.54. The fraction of sp³-hybridized carbons (Fsp3) is 0.290. The minimum Gasteiger partial charge on any atom is -0.346 e. The predicted molar refractivity (Wildman–Crippen MR) is 148 cm³/mol. The van der Waals surface area contributed by atoms with Gasteiger partial charge in [0.25, 0.3) is 5.91 Å². The first kappa shape index (κ1) is 30.8. The summed E-state index contributed by atoms with van der Waals surface area (Å²) < 4.78 is 84.9. The lowest BCUT2D eigenvalue weighted by molar-refractivity contribution is -0.142. The molecule has 2 atom stereocenters. The number of carbonyl (C=O) groups is 2. The average molecular weight is 616 g/mol. The molecule has 44 heavy (non-hydrogen) atoms. The van der Waals surface area contributed by atoms with E-state index in [1.807, 2.05) is 0 Å². The number of nitrogens with one attached hydrogen (secondary N) is 2. The molecule has 4 aromatic rings. The van der Waals surface area contributed by atoms with E-state index in [1.54, 1.807) is 6.92 Å². The van der Waals surface area contributed by atoms with E-state index in [2.05, 4.69) is 20.7 Å². The fourth-order valence-electron chi connectivity index (χ4n) is 5.54. The monoisotopic (exact) mass is 615 g/mol. The number of hydrogen-bond donors (Lipinski definition) is 2. The molecule has 1 aliphatic carbocycles. The van der Waals surface area contributed by atoms with Crippen molar-refractivity contribution < 1.29 is 35.9 Å². The van der Waals surface area contributed by atoms with Crippen molar-refractivity contribution in [1.29, 1.82) is 0 Å². The van der Waals surface area contributed by atoms with Crippen molar-refractivity contribution in [2.75, 3.05) is 5.32 Å². The van der Waals surface area contributed by atoms with Crippen molar-refractivity contribution in [3.63, 3.8) is 0 Å². The van der Waals surface area contributed by atoms with Crippen molar-refractivity contribution in [2.24, 2.45) is 0 Å². The number of anilines is 1. The van der Waals surface area contributed by atoms with Gasteiger partial charge in [0.05, 0.1) is 23.0 Å². The molecule has 0 spiro atoms. The van der Waals surface area contributed by atoms with E-state index in [1.165, 1.54) is 36.5 Å². The van der Waals surface area contributed by atoms with E-state index in [-0.39, 0.29) is 34.5 Å². The number of benzene rings is 2. The summed E-state index contributed by atoms with van der Waals surface area (Å²) in [6.07, 6.45) is -2.05. The number of alkyl halides is 3. The minimum absolute atomic E-state index is 0.0716. The molecule has 230 valence electrons. The van der Waals surface area contributed by atoms with E-state index in [9.17, 15) is 35.9 Å². The van der Waals surface area contributed by atoms with Crippen molar-refractivity contribution >= 4 is 17.5 Å². The number of hydrogen-bond acceptors (Lipinski definition) is 4. The van der Waals surface area contributed by atoms with Crippen LogP contribution in [0.5, 0.6) is 0 Å². The molecule has 2 N–H and O–H groups in total. The maximum absolute atomic E-state index is 14.3. The number of nitrogens with zero attached hydrogens (tertiary/aromatic N) is 3. The second kappa shape index (κ2) is 12.5. The van der Waals surface area contributed by atoms with Gasteiger partial charge < -0.3 is 10.6 Å². The van der Waals surface area contributed by atoms with Crippen LogP contribution >= 0.6 is 0 Å². The van der Waals surface area contributed by atoms with Crippen molar-refractivity contribution in [1.82, 2.24) is 20.1 Å². The summed E-state index contributed by atoms with van der Waals surface area (Å²) in [7, 11) is 0. The first-order chi connectivity index (χ1) is 20.9. The summed E-state index contributed by atoms with van der Waals surface area (Å²) in [5.74, 6) is -4.45. The number of carbonyl (C=O) groups excluding carboxylic acids is 2. The smallest absolute Gasteiger partial charge is 0.346 e. The summed E-state index contributed by atoms with van der Waals surface area (Å²) >= 11 is 0. The molecule has 2 amide bonds. The second-order valence-corrected chi connectivity index (χ2v) is 10.6. The number of rotatable bonds is 8. The quantitative estimate of drug-likeness (QED) is 0.222. The van der Waals surface area contributed by atoms with E-state index in [4.69, 9.17) is 0 Å². The molecular formula is C31H27F6N5O2. The average Bonchev–Trinajstić information content (AvgIpc) is 3.33.